The maximum atomic E-state index is 12.7. The van der Waals surface area contributed by atoms with Crippen molar-refractivity contribution < 1.29 is 49.3 Å². The molecule has 12 heteroatoms. The van der Waals surface area contributed by atoms with Gasteiger partial charge in [0.25, 0.3) is 0 Å². The largest absolute Gasteiger partial charge is 0.492 e. The van der Waals surface area contributed by atoms with Crippen LogP contribution in [0.2, 0.25) is 5.02 Å². The zero-order valence-electron chi connectivity index (χ0n) is 21.1. The van der Waals surface area contributed by atoms with Crippen molar-refractivity contribution in [2.45, 2.75) is 61.9 Å². The van der Waals surface area contributed by atoms with Gasteiger partial charge >= 0.3 is 5.97 Å². The summed E-state index contributed by atoms with van der Waals surface area (Å²) in [6, 6.07) is 8.93. The topological polar surface area (TPSA) is 166 Å². The number of rotatable bonds is 8. The number of ether oxygens (including phenoxy) is 3. The molecule has 0 saturated carbocycles. The molecule has 0 aliphatic carbocycles. The van der Waals surface area contributed by atoms with Crippen LogP contribution in [-0.2, 0) is 31.3 Å². The SMILES string of the molecule is CCOc1ccc(Cc2cc([C@]34OC[C@](CO)(O3)[C@@H](O)[C@H](O)[C@H]4O)ccc2Cl)cc1N1C(=O)CC[C@H]1C(=O)O. The Bertz CT molecular complexity index is 1290. The lowest BCUT2D eigenvalue weighted by Crippen LogP contribution is -2.65. The van der Waals surface area contributed by atoms with E-state index < -0.39 is 48.3 Å². The highest BCUT2D eigenvalue weighted by Gasteiger charge is 2.67. The molecule has 1 amide bonds. The Balaban J connectivity index is 1.51. The third-order valence-electron chi connectivity index (χ3n) is 7.65. The molecule has 0 spiro atoms. The average Bonchev–Trinajstić information content (AvgIpc) is 3.50. The summed E-state index contributed by atoms with van der Waals surface area (Å²) in [5.41, 5.74) is 0.354. The Morgan fingerprint density at radius 3 is 2.64 bits per heavy atom. The second-order valence-corrected chi connectivity index (χ2v) is 10.4. The maximum Gasteiger partial charge on any atom is 0.326 e. The first kappa shape index (κ1) is 27.8. The summed E-state index contributed by atoms with van der Waals surface area (Å²) in [4.78, 5) is 25.8. The number of aliphatic hydroxyl groups excluding tert-OH is 4. The summed E-state index contributed by atoms with van der Waals surface area (Å²) in [7, 11) is 0. The minimum absolute atomic E-state index is 0.112. The second kappa shape index (κ2) is 10.3. The number of fused-ring (bicyclic) bond motifs is 2. The molecule has 2 aromatic carbocycles. The number of hydrogen-bond donors (Lipinski definition) is 5. The maximum absolute atomic E-state index is 12.7. The third-order valence-corrected chi connectivity index (χ3v) is 8.02. The molecule has 3 fully saturated rings. The van der Waals surface area contributed by atoms with Gasteiger partial charge in [-0.2, -0.15) is 0 Å². The number of carboxylic acids is 1. The van der Waals surface area contributed by atoms with Crippen LogP contribution in [-0.4, -0.2) is 87.2 Å². The molecule has 3 heterocycles. The standard InChI is InChI=1S/C27H30ClNO10/c1-2-37-20-7-3-14(10-19(20)29-18(25(35)36)6-8-21(29)31)9-15-11-16(4-5-17(15)28)27-24(34)22(32)23(33)26(12-30,39-27)13-38-27/h3-5,7,10-11,18,22-24,30,32-34H,2,6,8-9,12-13H2,1H3,(H,35,36)/t18-,22-,23-,24+,26-,27-/m0/s1. The van der Waals surface area contributed by atoms with Gasteiger partial charge in [-0.05, 0) is 55.2 Å². The van der Waals surface area contributed by atoms with Gasteiger partial charge in [0.05, 0.1) is 25.5 Å². The van der Waals surface area contributed by atoms with Gasteiger partial charge in [0.1, 0.15) is 35.7 Å². The molecule has 2 bridgehead atoms. The molecule has 0 aromatic heterocycles. The number of aliphatic hydroxyl groups is 4. The molecule has 0 unspecified atom stereocenters. The molecule has 0 radical (unpaired) electrons. The highest BCUT2D eigenvalue weighted by atomic mass is 35.5. The van der Waals surface area contributed by atoms with E-state index in [1.807, 2.05) is 0 Å². The summed E-state index contributed by atoms with van der Waals surface area (Å²) in [5.74, 6) is -2.87. The number of halogens is 1. The molecular formula is C27H30ClNO10. The number of nitrogens with zero attached hydrogens (tertiary/aromatic N) is 1. The Kier molecular flexibility index (Phi) is 7.36. The molecule has 39 heavy (non-hydrogen) atoms. The molecule has 3 aliphatic rings. The van der Waals surface area contributed by atoms with Crippen LogP contribution in [0, 0.1) is 0 Å². The van der Waals surface area contributed by atoms with Crippen LogP contribution in [0.1, 0.15) is 36.5 Å². The van der Waals surface area contributed by atoms with E-state index in [0.717, 1.165) is 0 Å². The molecule has 6 atom stereocenters. The Morgan fingerprint density at radius 1 is 1.18 bits per heavy atom. The molecule has 11 nitrogen and oxygen atoms in total. The molecule has 5 N–H and O–H groups in total. The number of anilines is 1. The lowest BCUT2D eigenvalue weighted by molar-refractivity contribution is -0.329. The van der Waals surface area contributed by atoms with E-state index in [1.165, 1.54) is 4.90 Å². The van der Waals surface area contributed by atoms with Crippen molar-refractivity contribution in [3.8, 4) is 5.75 Å². The molecule has 210 valence electrons. The van der Waals surface area contributed by atoms with Crippen molar-refractivity contribution in [3.63, 3.8) is 0 Å². The van der Waals surface area contributed by atoms with Crippen LogP contribution < -0.4 is 9.64 Å². The number of hydrogen-bond acceptors (Lipinski definition) is 9. The fourth-order valence-electron chi connectivity index (χ4n) is 5.58. The fraction of sp³-hybridized carbons (Fsp3) is 0.481. The number of amides is 1. The van der Waals surface area contributed by atoms with Crippen LogP contribution in [0.25, 0.3) is 0 Å². The lowest BCUT2D eigenvalue weighted by Gasteiger charge is -2.46. The van der Waals surface area contributed by atoms with Crippen LogP contribution >= 0.6 is 11.6 Å². The smallest absolute Gasteiger partial charge is 0.326 e. The zero-order chi connectivity index (χ0) is 28.1. The predicted molar refractivity (Wildman–Crippen MR) is 137 cm³/mol. The third kappa shape index (κ3) is 4.48. The molecule has 2 aromatic rings. The van der Waals surface area contributed by atoms with Gasteiger partial charge in [0.2, 0.25) is 11.7 Å². The van der Waals surface area contributed by atoms with Crippen molar-refractivity contribution in [1.82, 2.24) is 0 Å². The van der Waals surface area contributed by atoms with E-state index in [-0.39, 0.29) is 31.8 Å². The number of carbonyl (C=O) groups is 2. The van der Waals surface area contributed by atoms with Crippen molar-refractivity contribution in [2.24, 2.45) is 0 Å². The number of carboxylic acid groups (broad SMARTS) is 1. The predicted octanol–water partition coefficient (Wildman–Crippen LogP) is 0.936. The van der Waals surface area contributed by atoms with E-state index >= 15 is 0 Å². The van der Waals surface area contributed by atoms with Crippen molar-refractivity contribution in [1.29, 1.82) is 0 Å². The highest BCUT2D eigenvalue weighted by molar-refractivity contribution is 6.31. The Hall–Kier alpha value is -2.77. The minimum Gasteiger partial charge on any atom is -0.492 e. The highest BCUT2D eigenvalue weighted by Crippen LogP contribution is 2.50. The van der Waals surface area contributed by atoms with Crippen molar-refractivity contribution in [3.05, 3.63) is 58.1 Å². The minimum atomic E-state index is -1.85. The van der Waals surface area contributed by atoms with Gasteiger partial charge in [0, 0.05) is 17.0 Å². The summed E-state index contributed by atoms with van der Waals surface area (Å²) in [6.45, 7) is 1.21. The van der Waals surface area contributed by atoms with Crippen LogP contribution in [0.4, 0.5) is 5.69 Å². The fourth-order valence-corrected chi connectivity index (χ4v) is 5.76. The van der Waals surface area contributed by atoms with Crippen molar-refractivity contribution >= 4 is 29.2 Å². The van der Waals surface area contributed by atoms with Gasteiger partial charge in [-0.1, -0.05) is 23.7 Å². The average molecular weight is 564 g/mol. The molecular weight excluding hydrogens is 534 g/mol. The van der Waals surface area contributed by atoms with Crippen LogP contribution in [0.5, 0.6) is 5.75 Å². The zero-order valence-corrected chi connectivity index (χ0v) is 21.9. The summed E-state index contributed by atoms with van der Waals surface area (Å²) in [6.07, 6.45) is -4.31. The van der Waals surface area contributed by atoms with Gasteiger partial charge in [-0.25, -0.2) is 4.79 Å². The van der Waals surface area contributed by atoms with Crippen molar-refractivity contribution in [2.75, 3.05) is 24.7 Å². The molecule has 5 rings (SSSR count). The number of aliphatic carboxylic acids is 1. The first-order valence-corrected chi connectivity index (χ1v) is 13.0. The van der Waals surface area contributed by atoms with Crippen LogP contribution in [0.15, 0.2) is 36.4 Å². The summed E-state index contributed by atoms with van der Waals surface area (Å²) >= 11 is 6.52. The molecule has 3 aliphatic heterocycles. The van der Waals surface area contributed by atoms with E-state index in [0.29, 0.717) is 39.8 Å². The first-order chi connectivity index (χ1) is 18.6. The van der Waals surface area contributed by atoms with E-state index in [9.17, 15) is 35.1 Å². The van der Waals surface area contributed by atoms with E-state index in [2.05, 4.69) is 0 Å². The van der Waals surface area contributed by atoms with E-state index in [4.69, 9.17) is 25.8 Å². The van der Waals surface area contributed by atoms with Gasteiger partial charge in [-0.15, -0.1) is 0 Å². The van der Waals surface area contributed by atoms with Crippen LogP contribution in [0.3, 0.4) is 0 Å². The summed E-state index contributed by atoms with van der Waals surface area (Å²) in [5, 5.41) is 51.7. The normalized spacial score (nSPS) is 32.1. The Morgan fingerprint density at radius 2 is 1.95 bits per heavy atom. The number of benzene rings is 2. The monoisotopic (exact) mass is 563 g/mol. The first-order valence-electron chi connectivity index (χ1n) is 12.7. The second-order valence-electron chi connectivity index (χ2n) is 10.0. The summed E-state index contributed by atoms with van der Waals surface area (Å²) < 4.78 is 17.4. The number of carbonyl (C=O) groups excluding carboxylic acids is 1. The van der Waals surface area contributed by atoms with Gasteiger partial charge < -0.3 is 39.7 Å². The quantitative estimate of drug-likeness (QED) is 0.312. The molecule has 3 saturated heterocycles. The lowest BCUT2D eigenvalue weighted by atomic mass is 9.83. The van der Waals surface area contributed by atoms with Gasteiger partial charge in [-0.3, -0.25) is 9.69 Å². The van der Waals surface area contributed by atoms with Gasteiger partial charge in [0.15, 0.2) is 0 Å². The van der Waals surface area contributed by atoms with E-state index in [1.54, 1.807) is 43.3 Å². The Labute approximate surface area is 229 Å².